The molecule has 1 amide bonds. The van der Waals surface area contributed by atoms with Gasteiger partial charge in [-0.25, -0.2) is 0 Å². The molecule has 1 aliphatic carbocycles. The van der Waals surface area contributed by atoms with E-state index in [4.69, 9.17) is 23.2 Å². The average Bonchev–Trinajstić information content (AvgIpc) is 3.32. The van der Waals surface area contributed by atoms with Gasteiger partial charge in [0, 0.05) is 18.9 Å². The number of carbonyl (C=O) groups is 3. The Hall–Kier alpha value is -2.73. The quantitative estimate of drug-likeness (QED) is 0.186. The Morgan fingerprint density at radius 2 is 1.72 bits per heavy atom. The van der Waals surface area contributed by atoms with Crippen LogP contribution in [0.1, 0.15) is 84.3 Å². The lowest BCUT2D eigenvalue weighted by molar-refractivity contribution is -0.152. The number of carbonyl (C=O) groups excluding carboxylic acids is 2. The Labute approximate surface area is 232 Å². The molecule has 214 valence electrons. The fraction of sp³-hybridized carbons (Fsp3) is 0.560. The molecule has 1 fully saturated rings. The van der Waals surface area contributed by atoms with E-state index >= 15 is 0 Å². The van der Waals surface area contributed by atoms with E-state index in [2.05, 4.69) is 10.1 Å². The fourth-order valence-electron chi connectivity index (χ4n) is 4.70. The van der Waals surface area contributed by atoms with Gasteiger partial charge in [0.15, 0.2) is 11.5 Å². The molecule has 0 spiro atoms. The molecule has 1 N–H and O–H groups in total. The number of carboxylic acids is 1. The highest BCUT2D eigenvalue weighted by atomic mass is 35.5. The predicted molar refractivity (Wildman–Crippen MR) is 135 cm³/mol. The number of alkyl halides is 4. The second kappa shape index (κ2) is 12.6. The number of aliphatic carboxylic acids is 1. The topological polar surface area (TPSA) is 105 Å². The third-order valence-electron chi connectivity index (χ3n) is 7.03. The summed E-state index contributed by atoms with van der Waals surface area (Å²) in [4.78, 5) is 42.8. The molecule has 0 aliphatic heterocycles. The number of hydrogen-bond donors (Lipinski definition) is 1. The van der Waals surface area contributed by atoms with Gasteiger partial charge in [0.05, 0.1) is 52.0 Å². The first-order chi connectivity index (χ1) is 18.3. The Kier molecular flexibility index (Phi) is 9.98. The molecule has 3 rings (SSSR count). The number of pyridine rings is 1. The molecule has 1 aliphatic rings. The van der Waals surface area contributed by atoms with Gasteiger partial charge in [0.25, 0.3) is 5.91 Å². The summed E-state index contributed by atoms with van der Waals surface area (Å²) in [5.41, 5.74) is -3.17. The second-order valence-corrected chi connectivity index (χ2v) is 10.6. The fourth-order valence-corrected chi connectivity index (χ4v) is 5.28. The SMILES string of the molecule is C[C@]1(C(=O)O)CC[C@H](n2ncc(C(=O)N(CCCCCF)CC(=O)c3c(Cl)cncc3Cl)c2C(F)(F)F)CC1. The molecule has 0 bridgehead atoms. The number of hydrogen-bond acceptors (Lipinski definition) is 5. The maximum Gasteiger partial charge on any atom is 0.433 e. The molecule has 0 atom stereocenters. The van der Waals surface area contributed by atoms with Gasteiger partial charge in [-0.2, -0.15) is 18.3 Å². The third-order valence-corrected chi connectivity index (χ3v) is 7.60. The van der Waals surface area contributed by atoms with E-state index in [1.807, 2.05) is 0 Å². The lowest BCUT2D eigenvalue weighted by Gasteiger charge is -2.34. The van der Waals surface area contributed by atoms with Crippen LogP contribution in [-0.2, 0) is 11.0 Å². The van der Waals surface area contributed by atoms with Crippen LogP contribution in [0.15, 0.2) is 18.6 Å². The molecule has 0 radical (unpaired) electrons. The van der Waals surface area contributed by atoms with Crippen molar-refractivity contribution >= 4 is 40.9 Å². The summed E-state index contributed by atoms with van der Waals surface area (Å²) in [5.74, 6) is -2.79. The maximum atomic E-state index is 14.3. The largest absolute Gasteiger partial charge is 0.481 e. The number of rotatable bonds is 11. The first kappa shape index (κ1) is 30.8. The van der Waals surface area contributed by atoms with Crippen molar-refractivity contribution in [2.45, 2.75) is 64.1 Å². The van der Waals surface area contributed by atoms with Crippen molar-refractivity contribution < 1.29 is 37.1 Å². The lowest BCUT2D eigenvalue weighted by atomic mass is 9.74. The minimum Gasteiger partial charge on any atom is -0.481 e. The average molecular weight is 595 g/mol. The van der Waals surface area contributed by atoms with Crippen molar-refractivity contribution in [1.29, 1.82) is 0 Å². The number of nitrogens with zero attached hydrogens (tertiary/aromatic N) is 4. The molecule has 39 heavy (non-hydrogen) atoms. The predicted octanol–water partition coefficient (Wildman–Crippen LogP) is 6.27. The molecule has 2 aromatic heterocycles. The highest BCUT2D eigenvalue weighted by molar-refractivity contribution is 6.39. The zero-order valence-corrected chi connectivity index (χ0v) is 22.6. The van der Waals surface area contributed by atoms with E-state index in [0.29, 0.717) is 6.42 Å². The van der Waals surface area contributed by atoms with Crippen molar-refractivity contribution in [3.8, 4) is 0 Å². The van der Waals surface area contributed by atoms with Crippen LogP contribution in [0.5, 0.6) is 0 Å². The van der Waals surface area contributed by atoms with Gasteiger partial charge in [-0.05, 0) is 51.9 Å². The molecule has 14 heteroatoms. The van der Waals surface area contributed by atoms with Gasteiger partial charge in [-0.1, -0.05) is 23.2 Å². The smallest absolute Gasteiger partial charge is 0.433 e. The molecule has 1 saturated carbocycles. The summed E-state index contributed by atoms with van der Waals surface area (Å²) < 4.78 is 56.3. The Bertz CT molecular complexity index is 1190. The summed E-state index contributed by atoms with van der Waals surface area (Å²) in [5, 5.41) is 13.2. The number of aromatic nitrogens is 3. The lowest BCUT2D eigenvalue weighted by Crippen LogP contribution is -2.38. The van der Waals surface area contributed by atoms with Crippen LogP contribution in [0, 0.1) is 5.41 Å². The van der Waals surface area contributed by atoms with E-state index in [1.54, 1.807) is 6.92 Å². The maximum absolute atomic E-state index is 14.3. The Balaban J connectivity index is 1.93. The molecule has 2 heterocycles. The molecule has 0 saturated heterocycles. The summed E-state index contributed by atoms with van der Waals surface area (Å²) in [6.45, 7) is 0.213. The van der Waals surface area contributed by atoms with E-state index < -0.39 is 59.8 Å². The van der Waals surface area contributed by atoms with Crippen LogP contribution in [0.4, 0.5) is 17.6 Å². The van der Waals surface area contributed by atoms with Crippen molar-refractivity contribution in [2.24, 2.45) is 5.41 Å². The summed E-state index contributed by atoms with van der Waals surface area (Å²) >= 11 is 12.1. The van der Waals surface area contributed by atoms with Crippen LogP contribution in [0.2, 0.25) is 10.0 Å². The number of ketones is 1. The van der Waals surface area contributed by atoms with Gasteiger partial charge in [0.2, 0.25) is 0 Å². The van der Waals surface area contributed by atoms with Gasteiger partial charge < -0.3 is 10.0 Å². The van der Waals surface area contributed by atoms with Gasteiger partial charge in [0.1, 0.15) is 0 Å². The van der Waals surface area contributed by atoms with Crippen LogP contribution in [-0.4, -0.2) is 62.2 Å². The molecular formula is C25H28Cl2F4N4O4. The van der Waals surface area contributed by atoms with Gasteiger partial charge >= 0.3 is 12.1 Å². The van der Waals surface area contributed by atoms with Crippen LogP contribution in [0.3, 0.4) is 0 Å². The summed E-state index contributed by atoms with van der Waals surface area (Å²) in [6.07, 6.45) is -0.436. The molecule has 8 nitrogen and oxygen atoms in total. The van der Waals surface area contributed by atoms with Crippen molar-refractivity contribution in [3.63, 3.8) is 0 Å². The van der Waals surface area contributed by atoms with E-state index in [0.717, 1.165) is 15.8 Å². The van der Waals surface area contributed by atoms with E-state index in [1.165, 1.54) is 12.4 Å². The number of unbranched alkanes of at least 4 members (excludes halogenated alkanes) is 2. The highest BCUT2D eigenvalue weighted by Gasteiger charge is 2.45. The highest BCUT2D eigenvalue weighted by Crippen LogP contribution is 2.43. The minimum absolute atomic E-state index is 0.0770. The monoisotopic (exact) mass is 594 g/mol. The van der Waals surface area contributed by atoms with Gasteiger partial charge in [-0.15, -0.1) is 0 Å². The minimum atomic E-state index is -4.96. The Morgan fingerprint density at radius 3 is 2.26 bits per heavy atom. The summed E-state index contributed by atoms with van der Waals surface area (Å²) in [6, 6.07) is -0.760. The molecule has 0 unspecified atom stereocenters. The summed E-state index contributed by atoms with van der Waals surface area (Å²) in [7, 11) is 0. The van der Waals surface area contributed by atoms with E-state index in [-0.39, 0.29) is 60.7 Å². The zero-order valence-electron chi connectivity index (χ0n) is 21.1. The normalized spacial score (nSPS) is 19.6. The van der Waals surface area contributed by atoms with Crippen molar-refractivity contribution in [1.82, 2.24) is 19.7 Å². The first-order valence-electron chi connectivity index (χ1n) is 12.4. The van der Waals surface area contributed by atoms with Crippen molar-refractivity contribution in [2.75, 3.05) is 19.8 Å². The molecule has 2 aromatic rings. The number of Topliss-reactive ketones (excluding diaryl/α,β-unsaturated/α-hetero) is 1. The molecular weight excluding hydrogens is 567 g/mol. The Morgan fingerprint density at radius 1 is 1.10 bits per heavy atom. The second-order valence-electron chi connectivity index (χ2n) is 9.82. The standard InChI is InChI=1S/C25H28Cl2F4N4O4/c1-24(23(38)39)7-5-15(6-8-24)35-21(25(29,30)31)16(11-33-35)22(37)34(10-4-2-3-9-28)14-19(36)20-17(26)12-32-13-18(20)27/h11-13,15H,2-10,14H2,1H3,(H,38,39)/t15-,24-. The van der Waals surface area contributed by atoms with Crippen LogP contribution >= 0.6 is 23.2 Å². The third kappa shape index (κ3) is 7.08. The molecule has 0 aromatic carbocycles. The van der Waals surface area contributed by atoms with E-state index in [9.17, 15) is 37.1 Å². The number of amides is 1. The zero-order chi connectivity index (χ0) is 29.0. The first-order valence-corrected chi connectivity index (χ1v) is 13.1. The number of halogens is 6. The van der Waals surface area contributed by atoms with Gasteiger partial charge in [-0.3, -0.25) is 28.4 Å². The van der Waals surface area contributed by atoms with Crippen LogP contribution in [0.25, 0.3) is 0 Å². The van der Waals surface area contributed by atoms with Crippen LogP contribution < -0.4 is 0 Å². The van der Waals surface area contributed by atoms with Crippen molar-refractivity contribution in [3.05, 3.63) is 45.5 Å². The number of carboxylic acid groups (broad SMARTS) is 1.